The van der Waals surface area contributed by atoms with Gasteiger partial charge in [0.2, 0.25) is 0 Å². The molecule has 0 aliphatic carbocycles. The fourth-order valence-electron chi connectivity index (χ4n) is 2.58. The number of unbranched alkanes of at least 4 members (excludes halogenated alkanes) is 2. The van der Waals surface area contributed by atoms with E-state index in [0.717, 1.165) is 35.0 Å². The van der Waals surface area contributed by atoms with Crippen LogP contribution in [-0.2, 0) is 0 Å². The van der Waals surface area contributed by atoms with Crippen LogP contribution in [0.1, 0.15) is 24.8 Å². The standard InChI is InChI=1S/C20H19FN4S/c1-15-9-11-16(12-10-15)25-19(17-7-3-4-8-18(17)21)23-24-20(25)26-14-6-2-5-13-22/h3-4,7-12H,2,5-6,14H2,1H3. The summed E-state index contributed by atoms with van der Waals surface area (Å²) in [6.07, 6.45) is 2.35. The zero-order valence-electron chi connectivity index (χ0n) is 14.5. The minimum Gasteiger partial charge on any atom is -0.270 e. The molecule has 2 aromatic carbocycles. The van der Waals surface area contributed by atoms with Crippen molar-refractivity contribution in [3.8, 4) is 23.1 Å². The minimum atomic E-state index is -0.321. The summed E-state index contributed by atoms with van der Waals surface area (Å²) in [7, 11) is 0. The number of nitrogens with zero attached hydrogens (tertiary/aromatic N) is 4. The summed E-state index contributed by atoms with van der Waals surface area (Å²) in [6.45, 7) is 2.03. The predicted molar refractivity (Wildman–Crippen MR) is 102 cm³/mol. The maximum Gasteiger partial charge on any atom is 0.196 e. The lowest BCUT2D eigenvalue weighted by atomic mass is 10.2. The summed E-state index contributed by atoms with van der Waals surface area (Å²) in [4.78, 5) is 0. The lowest BCUT2D eigenvalue weighted by molar-refractivity contribution is 0.629. The Hall–Kier alpha value is -2.65. The predicted octanol–water partition coefficient (Wildman–Crippen LogP) is 5.17. The molecular formula is C20H19FN4S. The molecule has 0 saturated carbocycles. The van der Waals surface area contributed by atoms with Crippen LogP contribution in [0, 0.1) is 24.1 Å². The summed E-state index contributed by atoms with van der Waals surface area (Å²) >= 11 is 1.58. The van der Waals surface area contributed by atoms with Gasteiger partial charge in [-0.1, -0.05) is 41.6 Å². The van der Waals surface area contributed by atoms with E-state index in [1.54, 1.807) is 30.0 Å². The van der Waals surface area contributed by atoms with Gasteiger partial charge in [-0.15, -0.1) is 10.2 Å². The number of aryl methyl sites for hydroxylation is 1. The largest absolute Gasteiger partial charge is 0.270 e. The maximum atomic E-state index is 14.3. The van der Waals surface area contributed by atoms with E-state index in [1.165, 1.54) is 6.07 Å². The topological polar surface area (TPSA) is 54.5 Å². The molecule has 0 radical (unpaired) electrons. The third kappa shape index (κ3) is 4.12. The molecule has 0 atom stereocenters. The van der Waals surface area contributed by atoms with Crippen LogP contribution < -0.4 is 0 Å². The van der Waals surface area contributed by atoms with E-state index in [9.17, 15) is 4.39 Å². The molecule has 0 amide bonds. The average molecular weight is 366 g/mol. The van der Waals surface area contributed by atoms with Gasteiger partial charge in [-0.25, -0.2) is 4.39 Å². The summed E-state index contributed by atoms with van der Waals surface area (Å²) in [6, 6.07) is 16.8. The van der Waals surface area contributed by atoms with Crippen LogP contribution in [0.5, 0.6) is 0 Å². The van der Waals surface area contributed by atoms with Crippen molar-refractivity contribution in [1.29, 1.82) is 5.26 Å². The van der Waals surface area contributed by atoms with Gasteiger partial charge in [0.15, 0.2) is 11.0 Å². The van der Waals surface area contributed by atoms with Gasteiger partial charge in [0.25, 0.3) is 0 Å². The smallest absolute Gasteiger partial charge is 0.196 e. The zero-order chi connectivity index (χ0) is 18.4. The average Bonchev–Trinajstić information content (AvgIpc) is 3.06. The van der Waals surface area contributed by atoms with Crippen molar-refractivity contribution in [2.45, 2.75) is 31.3 Å². The molecule has 0 fully saturated rings. The van der Waals surface area contributed by atoms with E-state index in [1.807, 2.05) is 35.8 Å². The van der Waals surface area contributed by atoms with Gasteiger partial charge < -0.3 is 0 Å². The Morgan fingerprint density at radius 2 is 1.85 bits per heavy atom. The Balaban J connectivity index is 1.96. The van der Waals surface area contributed by atoms with Gasteiger partial charge in [-0.05, 0) is 44.0 Å². The van der Waals surface area contributed by atoms with Crippen LogP contribution in [0.15, 0.2) is 53.7 Å². The molecule has 3 rings (SSSR count). The minimum absolute atomic E-state index is 0.321. The quantitative estimate of drug-likeness (QED) is 0.428. The zero-order valence-corrected chi connectivity index (χ0v) is 15.3. The number of benzene rings is 2. The highest BCUT2D eigenvalue weighted by molar-refractivity contribution is 7.99. The van der Waals surface area contributed by atoms with Crippen molar-refractivity contribution < 1.29 is 4.39 Å². The molecule has 6 heteroatoms. The molecule has 0 N–H and O–H groups in total. The monoisotopic (exact) mass is 366 g/mol. The first-order valence-corrected chi connectivity index (χ1v) is 9.46. The summed E-state index contributed by atoms with van der Waals surface area (Å²) in [5.74, 6) is 1.01. The number of hydrogen-bond acceptors (Lipinski definition) is 4. The van der Waals surface area contributed by atoms with Gasteiger partial charge in [0.1, 0.15) is 5.82 Å². The highest BCUT2D eigenvalue weighted by Crippen LogP contribution is 2.29. The normalized spacial score (nSPS) is 10.7. The van der Waals surface area contributed by atoms with E-state index in [-0.39, 0.29) is 5.82 Å². The van der Waals surface area contributed by atoms with Crippen molar-refractivity contribution in [3.05, 3.63) is 59.9 Å². The first kappa shape index (κ1) is 18.2. The Kier molecular flexibility index (Phi) is 6.03. The van der Waals surface area contributed by atoms with Gasteiger partial charge in [-0.3, -0.25) is 4.57 Å². The number of aromatic nitrogens is 3. The second kappa shape index (κ2) is 8.63. The molecule has 1 heterocycles. The summed E-state index contributed by atoms with van der Waals surface area (Å²) in [5, 5.41) is 17.9. The molecule has 1 aromatic heterocycles. The second-order valence-electron chi connectivity index (χ2n) is 5.92. The van der Waals surface area contributed by atoms with Crippen LogP contribution in [0.2, 0.25) is 0 Å². The van der Waals surface area contributed by atoms with E-state index in [4.69, 9.17) is 5.26 Å². The highest BCUT2D eigenvalue weighted by atomic mass is 32.2. The second-order valence-corrected chi connectivity index (χ2v) is 6.98. The number of thioether (sulfide) groups is 1. The lowest BCUT2D eigenvalue weighted by Crippen LogP contribution is -2.01. The molecule has 0 aliphatic rings. The Labute approximate surface area is 156 Å². The molecule has 3 aromatic rings. The summed E-state index contributed by atoms with van der Waals surface area (Å²) < 4.78 is 16.2. The fraction of sp³-hybridized carbons (Fsp3) is 0.250. The van der Waals surface area contributed by atoms with Crippen molar-refractivity contribution >= 4 is 11.8 Å². The molecule has 0 saturated heterocycles. The van der Waals surface area contributed by atoms with Crippen molar-refractivity contribution in [2.24, 2.45) is 0 Å². The fourth-order valence-corrected chi connectivity index (χ4v) is 3.53. The van der Waals surface area contributed by atoms with E-state index < -0.39 is 0 Å². The lowest BCUT2D eigenvalue weighted by Gasteiger charge is -2.11. The third-order valence-corrected chi connectivity index (χ3v) is 4.97. The van der Waals surface area contributed by atoms with Crippen LogP contribution in [0.3, 0.4) is 0 Å². The van der Waals surface area contributed by atoms with Gasteiger partial charge in [0.05, 0.1) is 11.6 Å². The van der Waals surface area contributed by atoms with Crippen molar-refractivity contribution in [1.82, 2.24) is 14.8 Å². The molecule has 0 aliphatic heterocycles. The molecule has 4 nitrogen and oxygen atoms in total. The summed E-state index contributed by atoms with van der Waals surface area (Å²) in [5.41, 5.74) is 2.48. The molecular weight excluding hydrogens is 347 g/mol. The van der Waals surface area contributed by atoms with E-state index in [2.05, 4.69) is 16.3 Å². The number of hydrogen-bond donors (Lipinski definition) is 0. The van der Waals surface area contributed by atoms with Crippen LogP contribution in [0.4, 0.5) is 4.39 Å². The van der Waals surface area contributed by atoms with Crippen LogP contribution >= 0.6 is 11.8 Å². The molecule has 132 valence electrons. The Morgan fingerprint density at radius 1 is 1.08 bits per heavy atom. The van der Waals surface area contributed by atoms with E-state index >= 15 is 0 Å². The van der Waals surface area contributed by atoms with E-state index in [0.29, 0.717) is 17.8 Å². The first-order chi connectivity index (χ1) is 12.7. The SMILES string of the molecule is Cc1ccc(-n2c(SCCCCC#N)nnc2-c2ccccc2F)cc1. The van der Waals surface area contributed by atoms with Gasteiger partial charge in [-0.2, -0.15) is 5.26 Å². The van der Waals surface area contributed by atoms with Crippen LogP contribution in [-0.4, -0.2) is 20.5 Å². The van der Waals surface area contributed by atoms with Gasteiger partial charge in [0, 0.05) is 17.9 Å². The molecule has 0 bridgehead atoms. The molecule has 26 heavy (non-hydrogen) atoms. The number of halogens is 1. The number of nitriles is 1. The maximum absolute atomic E-state index is 14.3. The van der Waals surface area contributed by atoms with Crippen molar-refractivity contribution in [3.63, 3.8) is 0 Å². The van der Waals surface area contributed by atoms with Crippen LogP contribution in [0.25, 0.3) is 17.1 Å². The number of rotatable bonds is 7. The van der Waals surface area contributed by atoms with Gasteiger partial charge >= 0.3 is 0 Å². The molecule has 0 unspecified atom stereocenters. The first-order valence-electron chi connectivity index (χ1n) is 8.48. The molecule has 0 spiro atoms. The van der Waals surface area contributed by atoms with Crippen molar-refractivity contribution in [2.75, 3.05) is 5.75 Å². The Bertz CT molecular complexity index is 912. The Morgan fingerprint density at radius 3 is 2.58 bits per heavy atom. The third-order valence-electron chi connectivity index (χ3n) is 3.95. The highest BCUT2D eigenvalue weighted by Gasteiger charge is 2.18.